The van der Waals surface area contributed by atoms with Crippen LogP contribution in [0.5, 0.6) is 11.5 Å². The van der Waals surface area contributed by atoms with Crippen LogP contribution < -0.4 is 21.9 Å². The summed E-state index contributed by atoms with van der Waals surface area (Å²) >= 11 is 0. The molecule has 0 aromatic heterocycles. The zero-order valence-corrected chi connectivity index (χ0v) is 21.3. The minimum absolute atomic E-state index is 0. The van der Waals surface area contributed by atoms with Crippen LogP contribution in [0, 0.1) is 35.0 Å². The third kappa shape index (κ3) is 4.36. The van der Waals surface area contributed by atoms with Crippen LogP contribution in [0.15, 0.2) is 18.2 Å². The molecule has 0 radical (unpaired) electrons. The van der Waals surface area contributed by atoms with Gasteiger partial charge in [-0.25, -0.2) is 0 Å². The summed E-state index contributed by atoms with van der Waals surface area (Å²) in [7, 11) is 5.66. The topological polar surface area (TPSA) is 45.5 Å². The summed E-state index contributed by atoms with van der Waals surface area (Å²) in [5.74, 6) is 4.53. The normalized spacial score (nSPS) is 30.0. The highest BCUT2D eigenvalue weighted by molar-refractivity contribution is 5.47. The molecule has 0 saturated heterocycles. The molecule has 0 amide bonds. The highest BCUT2D eigenvalue weighted by Crippen LogP contribution is 2.57. The van der Waals surface area contributed by atoms with E-state index in [0.29, 0.717) is 17.0 Å². The van der Waals surface area contributed by atoms with Crippen molar-refractivity contribution in [1.29, 1.82) is 5.26 Å². The number of rotatable bonds is 9. The number of ether oxygens (including phenoxy) is 2. The van der Waals surface area contributed by atoms with Gasteiger partial charge in [-0.1, -0.05) is 19.9 Å². The monoisotopic (exact) mass is 459 g/mol. The number of methoxy groups -OCH3 is 2. The summed E-state index contributed by atoms with van der Waals surface area (Å²) in [5, 5.41) is 10.3. The average Bonchev–Trinajstić information content (AvgIpc) is 2.75. The SMILES string of the molecule is COc1ccc(C(C#N)(CCCN(C)C23CC4CC(CC(C4)C2)C3)C(C)C)cc1OC.[Cl-]. The van der Waals surface area contributed by atoms with Gasteiger partial charge in [0.15, 0.2) is 11.5 Å². The van der Waals surface area contributed by atoms with E-state index in [1.165, 1.54) is 38.5 Å². The van der Waals surface area contributed by atoms with Crippen LogP contribution in [0.3, 0.4) is 0 Å². The van der Waals surface area contributed by atoms with Crippen molar-refractivity contribution in [3.8, 4) is 17.6 Å². The van der Waals surface area contributed by atoms with Gasteiger partial charge >= 0.3 is 0 Å². The summed E-state index contributed by atoms with van der Waals surface area (Å²) in [6, 6.07) is 8.70. The van der Waals surface area contributed by atoms with Gasteiger partial charge < -0.3 is 26.8 Å². The van der Waals surface area contributed by atoms with E-state index in [4.69, 9.17) is 9.47 Å². The molecule has 5 heteroatoms. The third-order valence-electron chi connectivity index (χ3n) is 8.96. The Kier molecular flexibility index (Phi) is 7.73. The molecule has 1 aromatic rings. The molecule has 1 unspecified atom stereocenters. The van der Waals surface area contributed by atoms with Crippen LogP contribution in [0.25, 0.3) is 0 Å². The van der Waals surface area contributed by atoms with Gasteiger partial charge in [-0.05, 0) is 106 Å². The lowest BCUT2D eigenvalue weighted by Gasteiger charge is -2.60. The fourth-order valence-electron chi connectivity index (χ4n) is 7.49. The molecule has 4 aliphatic carbocycles. The van der Waals surface area contributed by atoms with Crippen molar-refractivity contribution in [2.45, 2.75) is 76.2 Å². The molecule has 1 aromatic carbocycles. The first kappa shape index (κ1) is 25.2. The molecule has 0 N–H and O–H groups in total. The maximum atomic E-state index is 10.3. The minimum atomic E-state index is -0.512. The van der Waals surface area contributed by atoms with E-state index in [-0.39, 0.29) is 18.3 Å². The quantitative estimate of drug-likeness (QED) is 0.569. The zero-order chi connectivity index (χ0) is 22.2. The fraction of sp³-hybridized carbons (Fsp3) is 0.741. The third-order valence-corrected chi connectivity index (χ3v) is 8.96. The first-order valence-corrected chi connectivity index (χ1v) is 12.2. The number of hydrogen-bond acceptors (Lipinski definition) is 4. The van der Waals surface area contributed by atoms with E-state index in [1.54, 1.807) is 14.2 Å². The molecule has 178 valence electrons. The van der Waals surface area contributed by atoms with Gasteiger partial charge in [0.1, 0.15) is 0 Å². The largest absolute Gasteiger partial charge is 1.00 e. The highest BCUT2D eigenvalue weighted by atomic mass is 35.5. The lowest BCUT2D eigenvalue weighted by atomic mass is 9.52. The van der Waals surface area contributed by atoms with Crippen molar-refractivity contribution in [3.05, 3.63) is 23.8 Å². The number of hydrogen-bond donors (Lipinski definition) is 0. The van der Waals surface area contributed by atoms with Crippen molar-refractivity contribution in [2.75, 3.05) is 27.8 Å². The zero-order valence-electron chi connectivity index (χ0n) is 20.5. The van der Waals surface area contributed by atoms with Gasteiger partial charge in [0.2, 0.25) is 0 Å². The number of nitrogens with zero attached hydrogens (tertiary/aromatic N) is 2. The molecule has 32 heavy (non-hydrogen) atoms. The minimum Gasteiger partial charge on any atom is -1.00 e. The standard InChI is InChI=1S/C27H40N2O2.ClH/c1-19(2)27(18-28,23-7-8-24(30-4)25(14-23)31-5)9-6-10-29(3)26-15-20-11-21(16-26)13-22(12-20)17-26;/h7-8,14,19-22H,6,9-13,15-17H2,1-5H3;1H/p-1. The highest BCUT2D eigenvalue weighted by Gasteiger charge is 2.52. The first-order chi connectivity index (χ1) is 14.9. The molecule has 0 heterocycles. The molecule has 4 fully saturated rings. The lowest BCUT2D eigenvalue weighted by molar-refractivity contribution is -0.0795. The second-order valence-corrected chi connectivity index (χ2v) is 11.0. The summed E-state index contributed by atoms with van der Waals surface area (Å²) < 4.78 is 10.9. The molecule has 0 spiro atoms. The Morgan fingerprint density at radius 2 is 1.62 bits per heavy atom. The Bertz CT molecular complexity index is 798. The van der Waals surface area contributed by atoms with Crippen LogP contribution in [-0.2, 0) is 5.41 Å². The second kappa shape index (κ2) is 9.82. The molecule has 4 bridgehead atoms. The average molecular weight is 460 g/mol. The molecule has 5 rings (SSSR count). The molecular formula is C27H40ClN2O2-. The van der Waals surface area contributed by atoms with Gasteiger partial charge in [-0.3, -0.25) is 0 Å². The van der Waals surface area contributed by atoms with Gasteiger partial charge in [0.05, 0.1) is 25.7 Å². The Morgan fingerprint density at radius 3 is 2.09 bits per heavy atom. The smallest absolute Gasteiger partial charge is 0.161 e. The molecule has 0 aliphatic heterocycles. The fourth-order valence-corrected chi connectivity index (χ4v) is 7.49. The summed E-state index contributed by atoms with van der Waals surface area (Å²) in [6.45, 7) is 5.42. The van der Waals surface area contributed by atoms with E-state index in [1.807, 2.05) is 18.2 Å². The summed E-state index contributed by atoms with van der Waals surface area (Å²) in [4.78, 5) is 2.69. The van der Waals surface area contributed by atoms with Crippen LogP contribution in [-0.4, -0.2) is 38.3 Å². The Balaban J connectivity index is 0.00000289. The predicted molar refractivity (Wildman–Crippen MR) is 124 cm³/mol. The maximum Gasteiger partial charge on any atom is 0.161 e. The van der Waals surface area contributed by atoms with Crippen molar-refractivity contribution < 1.29 is 21.9 Å². The van der Waals surface area contributed by atoms with Crippen LogP contribution >= 0.6 is 0 Å². The second-order valence-electron chi connectivity index (χ2n) is 11.0. The van der Waals surface area contributed by atoms with Crippen molar-refractivity contribution >= 4 is 0 Å². The van der Waals surface area contributed by atoms with E-state index >= 15 is 0 Å². The number of benzene rings is 1. The van der Waals surface area contributed by atoms with Crippen LogP contribution in [0.4, 0.5) is 0 Å². The predicted octanol–water partition coefficient (Wildman–Crippen LogP) is 2.81. The van der Waals surface area contributed by atoms with Crippen molar-refractivity contribution in [3.63, 3.8) is 0 Å². The Morgan fingerprint density at radius 1 is 1.06 bits per heavy atom. The number of halogens is 1. The first-order valence-electron chi connectivity index (χ1n) is 12.2. The number of nitriles is 1. The summed E-state index contributed by atoms with van der Waals surface area (Å²) in [5.41, 5.74) is 0.965. The Labute approximate surface area is 201 Å². The molecule has 4 aliphatic rings. The van der Waals surface area contributed by atoms with Gasteiger partial charge in [0, 0.05) is 5.54 Å². The molecule has 4 nitrogen and oxygen atoms in total. The van der Waals surface area contributed by atoms with E-state index < -0.39 is 5.41 Å². The van der Waals surface area contributed by atoms with Gasteiger partial charge in [-0.2, -0.15) is 5.26 Å². The maximum absolute atomic E-state index is 10.3. The lowest BCUT2D eigenvalue weighted by Crippen LogP contribution is -3.00. The molecule has 4 saturated carbocycles. The van der Waals surface area contributed by atoms with Crippen LogP contribution in [0.1, 0.15) is 70.8 Å². The van der Waals surface area contributed by atoms with Crippen molar-refractivity contribution in [2.24, 2.45) is 23.7 Å². The molecular weight excluding hydrogens is 420 g/mol. The van der Waals surface area contributed by atoms with Crippen molar-refractivity contribution in [1.82, 2.24) is 4.90 Å². The van der Waals surface area contributed by atoms with E-state index in [0.717, 1.165) is 42.7 Å². The van der Waals surface area contributed by atoms with E-state index in [2.05, 4.69) is 31.9 Å². The summed E-state index contributed by atoms with van der Waals surface area (Å²) in [6.07, 6.45) is 10.6. The molecule has 1 atom stereocenters. The van der Waals surface area contributed by atoms with Crippen LogP contribution in [0.2, 0.25) is 0 Å². The van der Waals surface area contributed by atoms with Gasteiger partial charge in [0.25, 0.3) is 0 Å². The van der Waals surface area contributed by atoms with Gasteiger partial charge in [-0.15, -0.1) is 0 Å². The Hall–Kier alpha value is -1.44. The van der Waals surface area contributed by atoms with E-state index in [9.17, 15) is 5.26 Å².